The number of pyridine rings is 3. The number of allylic oxidation sites excluding steroid dienone is 1. The van der Waals surface area contributed by atoms with E-state index in [9.17, 15) is 13.6 Å². The first-order valence-corrected chi connectivity index (χ1v) is 11.7. The summed E-state index contributed by atoms with van der Waals surface area (Å²) < 4.78 is 33.9. The Morgan fingerprint density at radius 1 is 1.22 bits per heavy atom. The van der Waals surface area contributed by atoms with Gasteiger partial charge in [0.25, 0.3) is 5.56 Å². The summed E-state index contributed by atoms with van der Waals surface area (Å²) in [5.41, 5.74) is 1.49. The Labute approximate surface area is 213 Å². The number of nitrogens with one attached hydrogen (secondary N) is 2. The Kier molecular flexibility index (Phi) is 8.24. The van der Waals surface area contributed by atoms with Crippen LogP contribution in [0.4, 0.5) is 8.78 Å². The fourth-order valence-electron chi connectivity index (χ4n) is 3.22. The number of ether oxygens (including phenoxy) is 1. The second kappa shape index (κ2) is 11.0. The molecule has 0 amide bonds. The molecule has 0 spiro atoms. The molecular weight excluding hydrogens is 488 g/mol. The van der Waals surface area contributed by atoms with Crippen LogP contribution in [-0.4, -0.2) is 25.8 Å². The van der Waals surface area contributed by atoms with Crippen molar-refractivity contribution in [2.45, 2.75) is 53.2 Å². The Morgan fingerprint density at radius 3 is 2.61 bits per heavy atom. The topological polar surface area (TPSA) is 92.9 Å². The van der Waals surface area contributed by atoms with Crippen molar-refractivity contribution in [2.75, 3.05) is 0 Å². The van der Waals surface area contributed by atoms with Crippen molar-refractivity contribution in [1.82, 2.24) is 19.9 Å². The third kappa shape index (κ3) is 6.15. The van der Waals surface area contributed by atoms with Crippen molar-refractivity contribution < 1.29 is 13.5 Å². The zero-order valence-electron chi connectivity index (χ0n) is 20.7. The molecule has 0 aliphatic heterocycles. The third-order valence-corrected chi connectivity index (χ3v) is 6.10. The SMILES string of the molecule is CCC(C)(C)N/C=C\C(=N)c1cc(-n2c(C)cc(OCc3ncc(F)cc3F)c(Cl)c2=O)c(C)cn1. The lowest BCUT2D eigenvalue weighted by Crippen LogP contribution is -2.34. The zero-order chi connectivity index (χ0) is 26.6. The highest BCUT2D eigenvalue weighted by Crippen LogP contribution is 2.26. The van der Waals surface area contributed by atoms with Crippen molar-refractivity contribution in [3.63, 3.8) is 0 Å². The van der Waals surface area contributed by atoms with E-state index in [1.165, 1.54) is 4.57 Å². The number of hydrogen-bond donors (Lipinski definition) is 2. The summed E-state index contributed by atoms with van der Waals surface area (Å²) in [4.78, 5) is 21.2. The molecule has 3 heterocycles. The smallest absolute Gasteiger partial charge is 0.277 e. The number of aryl methyl sites for hydroxylation is 2. The number of halogens is 3. The maximum atomic E-state index is 13.9. The van der Waals surface area contributed by atoms with E-state index in [1.807, 2.05) is 0 Å². The Hall–Kier alpha value is -3.59. The molecule has 3 aromatic heterocycles. The molecule has 190 valence electrons. The van der Waals surface area contributed by atoms with Crippen LogP contribution in [0.5, 0.6) is 5.75 Å². The molecule has 3 rings (SSSR count). The Morgan fingerprint density at radius 2 is 1.94 bits per heavy atom. The van der Waals surface area contributed by atoms with Crippen LogP contribution in [0.25, 0.3) is 5.69 Å². The summed E-state index contributed by atoms with van der Waals surface area (Å²) in [5, 5.41) is 11.4. The minimum atomic E-state index is -0.860. The van der Waals surface area contributed by atoms with Gasteiger partial charge in [0.1, 0.15) is 28.9 Å². The monoisotopic (exact) mass is 515 g/mol. The molecule has 7 nitrogen and oxygen atoms in total. The van der Waals surface area contributed by atoms with Crippen LogP contribution in [0.2, 0.25) is 5.02 Å². The summed E-state index contributed by atoms with van der Waals surface area (Å²) in [6.07, 6.45) is 6.70. The lowest BCUT2D eigenvalue weighted by atomic mass is 10.0. The summed E-state index contributed by atoms with van der Waals surface area (Å²) in [6.45, 7) is 9.34. The molecule has 0 aliphatic rings. The number of hydrogen-bond acceptors (Lipinski definition) is 6. The first kappa shape index (κ1) is 27.0. The van der Waals surface area contributed by atoms with E-state index in [2.05, 4.69) is 36.1 Å². The standard InChI is InChI=1S/C26H28ClF2N5O2/c1-6-26(4,5)33-8-7-19(30)20-11-22(15(2)12-31-20)34-16(3)9-23(24(27)25(34)35)36-14-21-18(29)10-17(28)13-32-21/h7-13,30,33H,6,14H2,1-5H3/b8-7-,30-19?. The summed E-state index contributed by atoms with van der Waals surface area (Å²) in [6, 6.07) is 3.90. The predicted octanol–water partition coefficient (Wildman–Crippen LogP) is 5.41. The molecule has 2 N–H and O–H groups in total. The Balaban J connectivity index is 1.91. The van der Waals surface area contributed by atoms with Crippen molar-refractivity contribution in [3.05, 3.63) is 92.5 Å². The fraction of sp³-hybridized carbons (Fsp3) is 0.308. The summed E-state index contributed by atoms with van der Waals surface area (Å²) >= 11 is 6.32. The minimum absolute atomic E-state index is 0.0492. The van der Waals surface area contributed by atoms with Gasteiger partial charge in [-0.25, -0.2) is 8.78 Å². The molecule has 0 aromatic carbocycles. The van der Waals surface area contributed by atoms with Gasteiger partial charge in [-0.05, 0) is 58.0 Å². The van der Waals surface area contributed by atoms with Gasteiger partial charge in [0.2, 0.25) is 0 Å². The van der Waals surface area contributed by atoms with Crippen molar-refractivity contribution in [3.8, 4) is 11.4 Å². The van der Waals surface area contributed by atoms with Gasteiger partial charge in [0.15, 0.2) is 5.82 Å². The van der Waals surface area contributed by atoms with Crippen LogP contribution in [0.1, 0.15) is 49.8 Å². The van der Waals surface area contributed by atoms with Gasteiger partial charge in [0, 0.05) is 29.6 Å². The first-order valence-electron chi connectivity index (χ1n) is 11.3. The van der Waals surface area contributed by atoms with E-state index >= 15 is 0 Å². The number of aromatic nitrogens is 3. The molecule has 0 fully saturated rings. The molecular formula is C26H28ClF2N5O2. The van der Waals surface area contributed by atoms with Gasteiger partial charge >= 0.3 is 0 Å². The lowest BCUT2D eigenvalue weighted by Gasteiger charge is -2.23. The molecule has 0 unspecified atom stereocenters. The molecule has 3 aromatic rings. The largest absolute Gasteiger partial charge is 0.485 e. The summed E-state index contributed by atoms with van der Waals surface area (Å²) in [5.74, 6) is -1.61. The van der Waals surface area contributed by atoms with Gasteiger partial charge in [-0.15, -0.1) is 0 Å². The van der Waals surface area contributed by atoms with Gasteiger partial charge in [0.05, 0.1) is 23.3 Å². The van der Waals surface area contributed by atoms with E-state index < -0.39 is 17.2 Å². The minimum Gasteiger partial charge on any atom is -0.485 e. The zero-order valence-corrected chi connectivity index (χ0v) is 21.5. The maximum Gasteiger partial charge on any atom is 0.277 e. The van der Waals surface area contributed by atoms with Crippen molar-refractivity contribution in [1.29, 1.82) is 5.41 Å². The highest BCUT2D eigenvalue weighted by atomic mass is 35.5. The van der Waals surface area contributed by atoms with Crippen LogP contribution in [0.3, 0.4) is 0 Å². The molecule has 0 aliphatic carbocycles. The van der Waals surface area contributed by atoms with Crippen LogP contribution in [0.15, 0.2) is 47.7 Å². The van der Waals surface area contributed by atoms with E-state index in [0.717, 1.165) is 12.6 Å². The van der Waals surface area contributed by atoms with E-state index in [1.54, 1.807) is 44.5 Å². The molecule has 0 saturated heterocycles. The second-order valence-corrected chi connectivity index (χ2v) is 9.34. The number of nitrogens with zero attached hydrogens (tertiary/aromatic N) is 3. The molecule has 36 heavy (non-hydrogen) atoms. The van der Waals surface area contributed by atoms with Crippen molar-refractivity contribution >= 4 is 17.3 Å². The van der Waals surface area contributed by atoms with Gasteiger partial charge in [-0.2, -0.15) is 0 Å². The first-order chi connectivity index (χ1) is 16.9. The van der Waals surface area contributed by atoms with Gasteiger partial charge in [-0.3, -0.25) is 24.7 Å². The second-order valence-electron chi connectivity index (χ2n) is 8.96. The highest BCUT2D eigenvalue weighted by molar-refractivity contribution is 6.31. The van der Waals surface area contributed by atoms with Crippen LogP contribution in [-0.2, 0) is 6.61 Å². The quantitative estimate of drug-likeness (QED) is 0.371. The van der Waals surface area contributed by atoms with E-state index in [-0.39, 0.29) is 34.3 Å². The van der Waals surface area contributed by atoms with E-state index in [4.69, 9.17) is 21.7 Å². The van der Waals surface area contributed by atoms with Crippen LogP contribution in [0, 0.1) is 30.9 Å². The number of rotatable bonds is 9. The van der Waals surface area contributed by atoms with Crippen LogP contribution < -0.4 is 15.6 Å². The average Bonchev–Trinajstić information content (AvgIpc) is 2.82. The van der Waals surface area contributed by atoms with Gasteiger partial charge < -0.3 is 10.1 Å². The average molecular weight is 516 g/mol. The summed E-state index contributed by atoms with van der Waals surface area (Å²) in [7, 11) is 0. The fourth-order valence-corrected chi connectivity index (χ4v) is 3.41. The normalized spacial score (nSPS) is 11.7. The molecule has 0 radical (unpaired) electrons. The van der Waals surface area contributed by atoms with Gasteiger partial charge in [-0.1, -0.05) is 18.5 Å². The Bertz CT molecular complexity index is 1390. The molecule has 0 saturated carbocycles. The molecule has 10 heteroatoms. The predicted molar refractivity (Wildman–Crippen MR) is 136 cm³/mol. The van der Waals surface area contributed by atoms with E-state index in [0.29, 0.717) is 28.7 Å². The highest BCUT2D eigenvalue weighted by Gasteiger charge is 2.18. The van der Waals surface area contributed by atoms with Crippen molar-refractivity contribution in [2.24, 2.45) is 0 Å². The lowest BCUT2D eigenvalue weighted by molar-refractivity contribution is 0.292. The van der Waals surface area contributed by atoms with Crippen LogP contribution >= 0.6 is 11.6 Å². The maximum absolute atomic E-state index is 13.9. The molecule has 0 bridgehead atoms. The third-order valence-electron chi connectivity index (χ3n) is 5.75. The molecule has 0 atom stereocenters.